The van der Waals surface area contributed by atoms with Crippen molar-refractivity contribution < 1.29 is 8.78 Å². The summed E-state index contributed by atoms with van der Waals surface area (Å²) in [6, 6.07) is 0. The number of alkyl halides is 2. The largest absolute Gasteiger partial charge is 0.250 e. The van der Waals surface area contributed by atoms with E-state index in [-0.39, 0.29) is 12.3 Å². The molecule has 1 aliphatic rings. The Balaban J connectivity index is 2.29. The Labute approximate surface area is 79.7 Å². The lowest BCUT2D eigenvalue weighted by atomic mass is 9.82. The summed E-state index contributed by atoms with van der Waals surface area (Å²) in [5.74, 6) is -2.67. The van der Waals surface area contributed by atoms with Crippen LogP contribution in [0.3, 0.4) is 0 Å². The summed E-state index contributed by atoms with van der Waals surface area (Å²) in [4.78, 5) is 0. The molecule has 1 aliphatic carbocycles. The molecule has 1 saturated carbocycles. The molecule has 0 aliphatic heterocycles. The molecule has 1 unspecified atom stereocenters. The van der Waals surface area contributed by atoms with E-state index in [9.17, 15) is 8.78 Å². The lowest BCUT2D eigenvalue weighted by Gasteiger charge is -2.31. The molecule has 0 bridgehead atoms. The zero-order valence-corrected chi connectivity index (χ0v) is 8.49. The third kappa shape index (κ3) is 3.24. The molecule has 0 aromatic heterocycles. The van der Waals surface area contributed by atoms with E-state index in [0.717, 1.165) is 44.9 Å². The average Bonchev–Trinajstić information content (AvgIpc) is 2.08. The lowest BCUT2D eigenvalue weighted by Crippen LogP contribution is -2.31. The van der Waals surface area contributed by atoms with Gasteiger partial charge in [-0.15, -0.1) is 0 Å². The minimum absolute atomic E-state index is 0.129. The minimum atomic E-state index is -2.36. The molecule has 2 heteroatoms. The molecule has 1 atom stereocenters. The van der Waals surface area contributed by atoms with Crippen LogP contribution in [-0.2, 0) is 0 Å². The fourth-order valence-electron chi connectivity index (χ4n) is 2.16. The van der Waals surface area contributed by atoms with E-state index in [4.69, 9.17) is 0 Å². The predicted octanol–water partition coefficient (Wildman–Crippen LogP) is 4.39. The lowest BCUT2D eigenvalue weighted by molar-refractivity contribution is -0.0887. The normalized spacial score (nSPS) is 27.5. The summed E-state index contributed by atoms with van der Waals surface area (Å²) in [5.41, 5.74) is 0. The topological polar surface area (TPSA) is 0 Å². The maximum absolute atomic E-state index is 13.3. The molecule has 13 heavy (non-hydrogen) atoms. The van der Waals surface area contributed by atoms with Crippen LogP contribution < -0.4 is 0 Å². The van der Waals surface area contributed by atoms with Gasteiger partial charge in [-0.25, -0.2) is 8.78 Å². The van der Waals surface area contributed by atoms with Crippen molar-refractivity contribution in [3.8, 4) is 0 Å². The van der Waals surface area contributed by atoms with Crippen molar-refractivity contribution in [2.24, 2.45) is 5.92 Å². The van der Waals surface area contributed by atoms with Gasteiger partial charge in [0.1, 0.15) is 0 Å². The van der Waals surface area contributed by atoms with Crippen LogP contribution >= 0.6 is 0 Å². The standard InChI is InChI=1S/C11H20F2/c1-2-3-4-7-10-8-5-6-9-11(10,12)13/h10H,2-9H2,1H3. The Kier molecular flexibility index (Phi) is 4.14. The van der Waals surface area contributed by atoms with Crippen LogP contribution in [0.4, 0.5) is 8.78 Å². The van der Waals surface area contributed by atoms with Gasteiger partial charge in [-0.1, -0.05) is 32.6 Å². The van der Waals surface area contributed by atoms with E-state index >= 15 is 0 Å². The van der Waals surface area contributed by atoms with Crippen LogP contribution in [0.2, 0.25) is 0 Å². The summed E-state index contributed by atoms with van der Waals surface area (Å²) in [5, 5.41) is 0. The van der Waals surface area contributed by atoms with Crippen molar-refractivity contribution in [1.82, 2.24) is 0 Å². The number of rotatable bonds is 4. The molecule has 0 nitrogen and oxygen atoms in total. The molecule has 0 spiro atoms. The Bertz CT molecular complexity index is 143. The molecule has 0 saturated heterocycles. The van der Waals surface area contributed by atoms with E-state index in [1.807, 2.05) is 0 Å². The van der Waals surface area contributed by atoms with Crippen molar-refractivity contribution >= 4 is 0 Å². The highest BCUT2D eigenvalue weighted by Crippen LogP contribution is 2.40. The van der Waals surface area contributed by atoms with Gasteiger partial charge in [-0.3, -0.25) is 0 Å². The van der Waals surface area contributed by atoms with Gasteiger partial charge in [0.2, 0.25) is 0 Å². The van der Waals surface area contributed by atoms with Crippen LogP contribution in [0.1, 0.15) is 58.3 Å². The Hall–Kier alpha value is -0.140. The first-order chi connectivity index (χ1) is 6.17. The zero-order chi connectivity index (χ0) is 9.73. The van der Waals surface area contributed by atoms with Crippen molar-refractivity contribution in [1.29, 1.82) is 0 Å². The van der Waals surface area contributed by atoms with Gasteiger partial charge in [0, 0.05) is 12.3 Å². The maximum atomic E-state index is 13.3. The van der Waals surface area contributed by atoms with E-state index in [2.05, 4.69) is 6.92 Å². The van der Waals surface area contributed by atoms with Gasteiger partial charge in [0.15, 0.2) is 0 Å². The smallest absolute Gasteiger partial charge is 0.207 e. The molecule has 0 aromatic carbocycles. The number of unbranched alkanes of at least 4 members (excludes halogenated alkanes) is 2. The molecule has 0 N–H and O–H groups in total. The third-order valence-corrected chi connectivity index (χ3v) is 3.07. The second kappa shape index (κ2) is 4.92. The summed E-state index contributed by atoms with van der Waals surface area (Å²) < 4.78 is 26.6. The van der Waals surface area contributed by atoms with Gasteiger partial charge in [-0.05, 0) is 19.3 Å². The van der Waals surface area contributed by atoms with Crippen LogP contribution in [0, 0.1) is 5.92 Å². The van der Waals surface area contributed by atoms with E-state index in [0.29, 0.717) is 0 Å². The fraction of sp³-hybridized carbons (Fsp3) is 1.00. The van der Waals surface area contributed by atoms with Crippen LogP contribution in [-0.4, -0.2) is 5.92 Å². The maximum Gasteiger partial charge on any atom is 0.250 e. The summed E-state index contributed by atoms with van der Waals surface area (Å²) >= 11 is 0. The van der Waals surface area contributed by atoms with Gasteiger partial charge >= 0.3 is 0 Å². The van der Waals surface area contributed by atoms with E-state index < -0.39 is 5.92 Å². The van der Waals surface area contributed by atoms with Crippen LogP contribution in [0.15, 0.2) is 0 Å². The summed E-state index contributed by atoms with van der Waals surface area (Å²) in [7, 11) is 0. The second-order valence-electron chi connectivity index (χ2n) is 4.20. The Morgan fingerprint density at radius 3 is 2.62 bits per heavy atom. The van der Waals surface area contributed by atoms with Gasteiger partial charge < -0.3 is 0 Å². The monoisotopic (exact) mass is 190 g/mol. The average molecular weight is 190 g/mol. The molecular formula is C11H20F2. The predicted molar refractivity (Wildman–Crippen MR) is 51.0 cm³/mol. The highest BCUT2D eigenvalue weighted by molar-refractivity contribution is 4.81. The molecule has 1 fully saturated rings. The zero-order valence-electron chi connectivity index (χ0n) is 8.49. The first kappa shape index (κ1) is 10.9. The number of hydrogen-bond donors (Lipinski definition) is 0. The third-order valence-electron chi connectivity index (χ3n) is 3.07. The van der Waals surface area contributed by atoms with Gasteiger partial charge in [-0.2, -0.15) is 0 Å². The van der Waals surface area contributed by atoms with Crippen molar-refractivity contribution in [2.75, 3.05) is 0 Å². The van der Waals surface area contributed by atoms with Crippen LogP contribution in [0.25, 0.3) is 0 Å². The minimum Gasteiger partial charge on any atom is -0.207 e. The van der Waals surface area contributed by atoms with Crippen LogP contribution in [0.5, 0.6) is 0 Å². The van der Waals surface area contributed by atoms with Gasteiger partial charge in [0.05, 0.1) is 0 Å². The van der Waals surface area contributed by atoms with Crippen molar-refractivity contribution in [3.05, 3.63) is 0 Å². The Morgan fingerprint density at radius 1 is 1.23 bits per heavy atom. The first-order valence-corrected chi connectivity index (χ1v) is 5.54. The summed E-state index contributed by atoms with van der Waals surface area (Å²) in [6.07, 6.45) is 6.55. The van der Waals surface area contributed by atoms with Crippen molar-refractivity contribution in [2.45, 2.75) is 64.2 Å². The number of hydrogen-bond acceptors (Lipinski definition) is 0. The van der Waals surface area contributed by atoms with Crippen molar-refractivity contribution in [3.63, 3.8) is 0 Å². The molecule has 0 radical (unpaired) electrons. The highest BCUT2D eigenvalue weighted by atomic mass is 19.3. The first-order valence-electron chi connectivity index (χ1n) is 5.54. The summed E-state index contributed by atoms with van der Waals surface area (Å²) in [6.45, 7) is 2.11. The second-order valence-corrected chi connectivity index (χ2v) is 4.20. The van der Waals surface area contributed by atoms with E-state index in [1.54, 1.807) is 0 Å². The molecule has 0 amide bonds. The molecule has 1 rings (SSSR count). The number of halogens is 2. The molecule has 0 aromatic rings. The molecular weight excluding hydrogens is 170 g/mol. The Morgan fingerprint density at radius 2 is 2.00 bits per heavy atom. The SMILES string of the molecule is CCCCCC1CCCCC1(F)F. The van der Waals surface area contributed by atoms with Gasteiger partial charge in [0.25, 0.3) is 5.92 Å². The molecule has 78 valence electrons. The fourth-order valence-corrected chi connectivity index (χ4v) is 2.16. The quantitative estimate of drug-likeness (QED) is 0.577. The molecule has 0 heterocycles. The highest BCUT2D eigenvalue weighted by Gasteiger charge is 2.40. The van der Waals surface area contributed by atoms with E-state index in [1.165, 1.54) is 0 Å².